The zero-order valence-electron chi connectivity index (χ0n) is 32.4. The second kappa shape index (κ2) is 14.9. The van der Waals surface area contributed by atoms with Crippen molar-refractivity contribution in [2.24, 2.45) is 0 Å². The van der Waals surface area contributed by atoms with Crippen molar-refractivity contribution in [2.75, 3.05) is 0 Å². The Balaban J connectivity index is 0.00000249. The van der Waals surface area contributed by atoms with Gasteiger partial charge >= 0.3 is 316 Å². The van der Waals surface area contributed by atoms with Gasteiger partial charge in [-0.2, -0.15) is 0 Å². The monoisotopic (exact) mass is 840 g/mol. The Morgan fingerprint density at radius 2 is 1.02 bits per heavy atom. The fraction of sp³-hybridized carbons (Fsp3) is 0.200. The molecule has 0 fully saturated rings. The molecule has 6 aromatic carbocycles. The standard InChI is InChI=1S/C33H33.2C6H5.C5H5.2ClH.H2Si.Zr/c1-32(2,3)30-20-26-24(18-28(30)22-13-9-7-10-14-22)17-25-19-29(23-15-11-8-12-16-23)31(21-27(25)26)33(4,5)6;2*1-2-4-6-5-3-1;1-2-4-5-3-1;;;;/h7-16,18,20-21H,17H2,1-6H3;2*1-5H;1-3H,4H2;2*1H;1H2;. The molecule has 2 aliphatic carbocycles. The van der Waals surface area contributed by atoms with E-state index in [2.05, 4.69) is 206 Å². The van der Waals surface area contributed by atoms with Crippen LogP contribution in [0, 0.1) is 0 Å². The summed E-state index contributed by atoms with van der Waals surface area (Å²) in [6.45, 7) is 16.8. The van der Waals surface area contributed by atoms with Crippen LogP contribution in [0.5, 0.6) is 0 Å². The van der Waals surface area contributed by atoms with Crippen LogP contribution in [0.2, 0.25) is 0 Å². The van der Waals surface area contributed by atoms with Gasteiger partial charge in [0.25, 0.3) is 0 Å². The van der Waals surface area contributed by atoms with Gasteiger partial charge in [-0.05, 0) is 0 Å². The zero-order chi connectivity index (χ0) is 36.3. The quantitative estimate of drug-likeness (QED) is 0.146. The molecule has 54 heavy (non-hydrogen) atoms. The molecule has 0 radical (unpaired) electrons. The Morgan fingerprint density at radius 1 is 0.537 bits per heavy atom. The summed E-state index contributed by atoms with van der Waals surface area (Å²) < 4.78 is 6.30. The molecule has 0 amide bonds. The van der Waals surface area contributed by atoms with E-state index < -0.39 is 17.4 Å². The molecule has 0 aliphatic heterocycles. The average Bonchev–Trinajstić information content (AvgIpc) is 3.83. The van der Waals surface area contributed by atoms with E-state index in [1.165, 1.54) is 62.2 Å². The minimum absolute atomic E-state index is 0. The molecular formula is C50H52Cl2SiZr. The van der Waals surface area contributed by atoms with E-state index in [1.54, 1.807) is 6.55 Å². The molecule has 2 aliphatic rings. The van der Waals surface area contributed by atoms with Crippen molar-refractivity contribution in [1.29, 1.82) is 0 Å². The maximum Gasteiger partial charge on any atom is -0.147 e. The molecule has 8 rings (SSSR count). The molecule has 0 aromatic heterocycles. The Labute approximate surface area is 338 Å². The third-order valence-electron chi connectivity index (χ3n) is 12.0. The van der Waals surface area contributed by atoms with E-state index >= 15 is 0 Å². The molecule has 0 bridgehead atoms. The van der Waals surface area contributed by atoms with Crippen LogP contribution in [0.15, 0.2) is 161 Å². The maximum atomic E-state index is 2.61. The van der Waals surface area contributed by atoms with Gasteiger partial charge in [0.15, 0.2) is 0 Å². The van der Waals surface area contributed by atoms with Crippen LogP contribution in [0.25, 0.3) is 33.4 Å². The van der Waals surface area contributed by atoms with Gasteiger partial charge in [0.05, 0.1) is 0 Å². The minimum atomic E-state index is -4.79. The van der Waals surface area contributed by atoms with Gasteiger partial charge < -0.3 is 0 Å². The van der Waals surface area contributed by atoms with Crippen molar-refractivity contribution in [1.82, 2.24) is 0 Å². The number of rotatable bonds is 6. The van der Waals surface area contributed by atoms with Crippen LogP contribution in [0.1, 0.15) is 70.2 Å². The summed E-state index contributed by atoms with van der Waals surface area (Å²) in [5.74, 6) is 0. The van der Waals surface area contributed by atoms with Crippen molar-refractivity contribution < 1.29 is 17.4 Å². The molecule has 0 nitrogen and oxygen atoms in total. The van der Waals surface area contributed by atoms with E-state index in [9.17, 15) is 0 Å². The summed E-state index contributed by atoms with van der Waals surface area (Å²) in [5.41, 5.74) is 14.0. The number of benzene rings is 6. The molecule has 0 atom stereocenters. The Hall–Kier alpha value is -3.52. The van der Waals surface area contributed by atoms with E-state index in [1.807, 2.05) is 0 Å². The average molecular weight is 843 g/mol. The van der Waals surface area contributed by atoms with E-state index in [0.717, 1.165) is 12.8 Å². The van der Waals surface area contributed by atoms with Crippen molar-refractivity contribution in [3.8, 4) is 33.4 Å². The summed E-state index contributed by atoms with van der Waals surface area (Å²) in [7, 11) is 0. The first-order chi connectivity index (χ1) is 24.9. The van der Waals surface area contributed by atoms with Crippen LogP contribution in [-0.2, 0) is 34.6 Å². The summed E-state index contributed by atoms with van der Waals surface area (Å²) >= 11 is -4.79. The van der Waals surface area contributed by atoms with Crippen LogP contribution in [0.3, 0.4) is 0 Å². The van der Waals surface area contributed by atoms with Crippen LogP contribution >= 0.6 is 24.8 Å². The predicted octanol–water partition coefficient (Wildman–Crippen LogP) is 11.4. The Bertz CT molecular complexity index is 2410. The van der Waals surface area contributed by atoms with Crippen LogP contribution in [0.4, 0.5) is 0 Å². The van der Waals surface area contributed by atoms with E-state index in [0.29, 0.717) is 0 Å². The number of fused-ring (bicyclic) bond motifs is 3. The molecule has 0 heterocycles. The number of halogens is 2. The van der Waals surface area contributed by atoms with Gasteiger partial charge in [-0.1, -0.05) is 0 Å². The molecule has 0 spiro atoms. The predicted molar refractivity (Wildman–Crippen MR) is 240 cm³/mol. The first-order valence-electron chi connectivity index (χ1n) is 18.9. The second-order valence-electron chi connectivity index (χ2n) is 17.2. The largest absolute Gasteiger partial charge is 0.147 e. The smallest absolute Gasteiger partial charge is 0.147 e. The van der Waals surface area contributed by atoms with E-state index in [-0.39, 0.29) is 35.6 Å². The van der Waals surface area contributed by atoms with Crippen molar-refractivity contribution in [2.45, 2.75) is 65.2 Å². The fourth-order valence-electron chi connectivity index (χ4n) is 9.42. The molecular weight excluding hydrogens is 791 g/mol. The number of allylic oxidation sites excluding steroid dienone is 4. The van der Waals surface area contributed by atoms with Gasteiger partial charge in [-0.25, -0.2) is 0 Å². The summed E-state index contributed by atoms with van der Waals surface area (Å²) in [5, 5.41) is 0. The SMILES string of the molecule is CC(C)(C)c1cc2c(cc1-c1ccccc1)Cc1c-2cc(C(C)(C)C)c(-c2ccccc2)[c]1[Zr](=[SiH2])([C]1=CC=CC1)([c]1ccccc1)[c]1ccccc1.Cl.Cl. The van der Waals surface area contributed by atoms with Crippen LogP contribution < -0.4 is 9.81 Å². The molecule has 0 N–H and O–H groups in total. The summed E-state index contributed by atoms with van der Waals surface area (Å²) in [6, 6.07) is 53.6. The number of hydrogen-bond acceptors (Lipinski definition) is 0. The molecule has 0 saturated carbocycles. The van der Waals surface area contributed by atoms with Crippen LogP contribution in [-0.4, -0.2) is 6.88 Å². The summed E-state index contributed by atoms with van der Waals surface area (Å²) in [6.07, 6.45) is 9.15. The molecule has 274 valence electrons. The minimum Gasteiger partial charge on any atom is -0.147 e. The van der Waals surface area contributed by atoms with Gasteiger partial charge in [-0.3, -0.25) is 0 Å². The first kappa shape index (κ1) is 40.2. The normalized spacial score (nSPS) is 13.7. The van der Waals surface area contributed by atoms with Crippen molar-refractivity contribution in [3.05, 3.63) is 183 Å². The Kier molecular flexibility index (Phi) is 11.0. The third kappa shape index (κ3) is 6.32. The van der Waals surface area contributed by atoms with E-state index in [4.69, 9.17) is 0 Å². The number of hydrogen-bond donors (Lipinski definition) is 0. The third-order valence-corrected chi connectivity index (χ3v) is 37.9. The van der Waals surface area contributed by atoms with Gasteiger partial charge in [0.2, 0.25) is 0 Å². The van der Waals surface area contributed by atoms with Gasteiger partial charge in [-0.15, -0.1) is 24.8 Å². The summed E-state index contributed by atoms with van der Waals surface area (Å²) in [4.78, 5) is 0. The first-order valence-corrected chi connectivity index (χ1v) is 29.7. The van der Waals surface area contributed by atoms with Gasteiger partial charge in [0, 0.05) is 0 Å². The van der Waals surface area contributed by atoms with Crippen molar-refractivity contribution in [3.63, 3.8) is 0 Å². The Morgan fingerprint density at radius 3 is 1.50 bits per heavy atom. The topological polar surface area (TPSA) is 0 Å². The van der Waals surface area contributed by atoms with Gasteiger partial charge in [0.1, 0.15) is 0 Å². The molecule has 4 heteroatoms. The molecule has 0 unspecified atom stereocenters. The second-order valence-corrected chi connectivity index (χ2v) is 38.4. The molecule has 0 saturated heterocycles. The fourth-order valence-corrected chi connectivity index (χ4v) is 32.2. The maximum absolute atomic E-state index is 4.79. The zero-order valence-corrected chi connectivity index (χ0v) is 38.0. The molecule has 6 aromatic rings. The van der Waals surface area contributed by atoms with Crippen molar-refractivity contribution >= 4 is 41.5 Å².